The van der Waals surface area contributed by atoms with Gasteiger partial charge in [0.15, 0.2) is 11.0 Å². The molecule has 6 heterocycles. The van der Waals surface area contributed by atoms with E-state index in [1.54, 1.807) is 0 Å². The zero-order valence-electron chi connectivity index (χ0n) is 19.4. The Labute approximate surface area is 203 Å². The van der Waals surface area contributed by atoms with Gasteiger partial charge in [-0.05, 0) is 56.9 Å². The molecule has 9 heteroatoms. The second-order valence-corrected chi connectivity index (χ2v) is 11.7. The van der Waals surface area contributed by atoms with Crippen LogP contribution in [0.5, 0.6) is 6.01 Å². The van der Waals surface area contributed by atoms with E-state index in [1.165, 1.54) is 19.3 Å². The van der Waals surface area contributed by atoms with Crippen LogP contribution in [0.15, 0.2) is 0 Å². The molecule has 1 aliphatic carbocycles. The topological polar surface area (TPSA) is 54.4 Å². The molecule has 6 atom stereocenters. The Kier molecular flexibility index (Phi) is 4.80. The van der Waals surface area contributed by atoms with Crippen LogP contribution in [0, 0.1) is 17.7 Å². The number of hydrogen-bond acceptors (Lipinski definition) is 6. The van der Waals surface area contributed by atoms with E-state index >= 15 is 4.39 Å². The zero-order valence-corrected chi connectivity index (χ0v) is 20.2. The summed E-state index contributed by atoms with van der Waals surface area (Å²) in [5.74, 6) is 1.51. The normalized spacial score (nSPS) is 36.6. The van der Waals surface area contributed by atoms with Crippen molar-refractivity contribution in [3.05, 3.63) is 16.7 Å². The third-order valence-corrected chi connectivity index (χ3v) is 9.53. The van der Waals surface area contributed by atoms with Gasteiger partial charge in [0.05, 0.1) is 16.6 Å². The maximum atomic E-state index is 15.3. The Morgan fingerprint density at radius 2 is 2.06 bits per heavy atom. The van der Waals surface area contributed by atoms with Crippen LogP contribution in [-0.2, 0) is 0 Å². The molecule has 4 fully saturated rings. The average Bonchev–Trinajstić information content (AvgIpc) is 3.45. The van der Waals surface area contributed by atoms with E-state index in [1.807, 2.05) is 0 Å². The standard InChI is InChI=1S/C25H30ClF2N5O/c1-13-7-17-15-4-3-14(8-15)10-33(17)23-18-20(13)29-22(26)19(28)21(18)30-24(31-23)34-12-25-5-2-6-32(25)11-16(27)9-25/h13-17H,2-12H2,1H3/t13-,14+,15-,16-,17-,25+/m1/s1. The number of aromatic nitrogens is 3. The molecular weight excluding hydrogens is 460 g/mol. The summed E-state index contributed by atoms with van der Waals surface area (Å²) < 4.78 is 35.8. The molecule has 5 aliphatic rings. The highest BCUT2D eigenvalue weighted by atomic mass is 35.5. The lowest BCUT2D eigenvalue weighted by atomic mass is 9.85. The van der Waals surface area contributed by atoms with E-state index in [-0.39, 0.29) is 28.1 Å². The van der Waals surface area contributed by atoms with Gasteiger partial charge < -0.3 is 9.64 Å². The van der Waals surface area contributed by atoms with Crippen molar-refractivity contribution in [2.24, 2.45) is 11.8 Å². The van der Waals surface area contributed by atoms with E-state index < -0.39 is 12.0 Å². The molecule has 6 nitrogen and oxygen atoms in total. The highest BCUT2D eigenvalue weighted by molar-refractivity contribution is 6.30. The highest BCUT2D eigenvalue weighted by Gasteiger charge is 2.50. The number of pyridine rings is 1. The third kappa shape index (κ3) is 3.10. The molecule has 2 aromatic rings. The fourth-order valence-electron chi connectivity index (χ4n) is 7.74. The molecule has 7 rings (SSSR count). The molecule has 2 aromatic heterocycles. The lowest BCUT2D eigenvalue weighted by Gasteiger charge is -2.41. The number of alkyl halides is 1. The van der Waals surface area contributed by atoms with Crippen LogP contribution in [0.2, 0.25) is 5.15 Å². The van der Waals surface area contributed by atoms with Crippen LogP contribution < -0.4 is 9.64 Å². The molecule has 0 aromatic carbocycles. The van der Waals surface area contributed by atoms with Crippen molar-refractivity contribution in [1.82, 2.24) is 19.9 Å². The van der Waals surface area contributed by atoms with Gasteiger partial charge in [-0.3, -0.25) is 4.90 Å². The summed E-state index contributed by atoms with van der Waals surface area (Å²) in [5.41, 5.74) is 0.660. The minimum Gasteiger partial charge on any atom is -0.461 e. The fraction of sp³-hybridized carbons (Fsp3) is 0.720. The molecule has 3 saturated heterocycles. The van der Waals surface area contributed by atoms with Crippen molar-refractivity contribution in [3.8, 4) is 6.01 Å². The fourth-order valence-corrected chi connectivity index (χ4v) is 7.92. The van der Waals surface area contributed by atoms with Crippen molar-refractivity contribution in [3.63, 3.8) is 0 Å². The molecule has 0 unspecified atom stereocenters. The maximum absolute atomic E-state index is 15.3. The lowest BCUT2D eigenvalue weighted by molar-refractivity contribution is 0.107. The highest BCUT2D eigenvalue weighted by Crippen LogP contribution is 2.49. The number of nitrogens with zero attached hydrogens (tertiary/aromatic N) is 5. The first-order valence-electron chi connectivity index (χ1n) is 12.8. The molecule has 0 N–H and O–H groups in total. The Balaban J connectivity index is 1.33. The van der Waals surface area contributed by atoms with Crippen LogP contribution in [-0.4, -0.2) is 63.8 Å². The van der Waals surface area contributed by atoms with Crippen molar-refractivity contribution in [2.45, 2.75) is 75.5 Å². The van der Waals surface area contributed by atoms with Crippen LogP contribution in [0.3, 0.4) is 0 Å². The molecule has 182 valence electrons. The molecule has 4 aliphatic heterocycles. The molecule has 0 spiro atoms. The predicted octanol–water partition coefficient (Wildman–Crippen LogP) is 4.88. The molecule has 0 amide bonds. The van der Waals surface area contributed by atoms with Gasteiger partial charge in [-0.1, -0.05) is 18.5 Å². The van der Waals surface area contributed by atoms with Gasteiger partial charge in [0.25, 0.3) is 0 Å². The van der Waals surface area contributed by atoms with Gasteiger partial charge >= 0.3 is 6.01 Å². The van der Waals surface area contributed by atoms with E-state index in [4.69, 9.17) is 21.3 Å². The third-order valence-electron chi connectivity index (χ3n) is 9.28. The van der Waals surface area contributed by atoms with E-state index in [0.29, 0.717) is 42.8 Å². The zero-order chi connectivity index (χ0) is 23.2. The number of rotatable bonds is 3. The van der Waals surface area contributed by atoms with E-state index in [0.717, 1.165) is 43.9 Å². The minimum absolute atomic E-state index is 0.132. The summed E-state index contributed by atoms with van der Waals surface area (Å²) in [4.78, 5) is 18.5. The smallest absolute Gasteiger partial charge is 0.319 e. The summed E-state index contributed by atoms with van der Waals surface area (Å²) in [7, 11) is 0. The van der Waals surface area contributed by atoms with Gasteiger partial charge in [0.2, 0.25) is 0 Å². The molecule has 34 heavy (non-hydrogen) atoms. The average molecular weight is 490 g/mol. The number of halogens is 3. The quantitative estimate of drug-likeness (QED) is 0.572. The van der Waals surface area contributed by atoms with E-state index in [2.05, 4.69) is 26.7 Å². The minimum atomic E-state index is -0.831. The number of hydrogen-bond donors (Lipinski definition) is 0. The Morgan fingerprint density at radius 3 is 2.94 bits per heavy atom. The summed E-state index contributed by atoms with van der Waals surface area (Å²) in [6.07, 6.45) is 6.26. The summed E-state index contributed by atoms with van der Waals surface area (Å²) in [5, 5.41) is 0.527. The van der Waals surface area contributed by atoms with Gasteiger partial charge in [-0.15, -0.1) is 0 Å². The SMILES string of the molecule is C[C@@H]1C[C@@H]2[C@@H]3CC[C@@H](C3)CN2c2nc(OC[C@@]34CCCN3C[C@H](F)C4)nc3c(F)c(Cl)nc1c23. The molecule has 0 radical (unpaired) electrons. The lowest BCUT2D eigenvalue weighted by Crippen LogP contribution is -2.46. The maximum Gasteiger partial charge on any atom is 0.319 e. The summed E-state index contributed by atoms with van der Waals surface area (Å²) >= 11 is 6.25. The number of ether oxygens (including phenoxy) is 1. The first-order chi connectivity index (χ1) is 16.4. The van der Waals surface area contributed by atoms with Crippen LogP contribution in [0.4, 0.5) is 14.6 Å². The number of piperidine rings is 1. The summed E-state index contributed by atoms with van der Waals surface area (Å²) in [6.45, 7) is 4.74. The first kappa shape index (κ1) is 21.5. The van der Waals surface area contributed by atoms with Crippen LogP contribution in [0.25, 0.3) is 10.9 Å². The summed E-state index contributed by atoms with van der Waals surface area (Å²) in [6, 6.07) is 0.506. The first-order valence-corrected chi connectivity index (χ1v) is 13.1. The predicted molar refractivity (Wildman–Crippen MR) is 126 cm³/mol. The second-order valence-electron chi connectivity index (χ2n) is 11.3. The molecule has 1 saturated carbocycles. The van der Waals surface area contributed by atoms with Gasteiger partial charge in [0.1, 0.15) is 24.1 Å². The van der Waals surface area contributed by atoms with Crippen molar-refractivity contribution >= 4 is 28.3 Å². The second kappa shape index (κ2) is 7.60. The number of anilines is 1. The Morgan fingerprint density at radius 1 is 1.18 bits per heavy atom. The van der Waals surface area contributed by atoms with Crippen molar-refractivity contribution in [2.75, 3.05) is 31.1 Å². The van der Waals surface area contributed by atoms with Crippen molar-refractivity contribution < 1.29 is 13.5 Å². The van der Waals surface area contributed by atoms with Gasteiger partial charge in [0, 0.05) is 31.5 Å². The van der Waals surface area contributed by atoms with E-state index in [9.17, 15) is 4.39 Å². The van der Waals surface area contributed by atoms with Gasteiger partial charge in [-0.25, -0.2) is 13.8 Å². The van der Waals surface area contributed by atoms with Crippen LogP contribution >= 0.6 is 11.6 Å². The monoisotopic (exact) mass is 489 g/mol. The largest absolute Gasteiger partial charge is 0.461 e. The molecule has 2 bridgehead atoms. The Bertz CT molecular complexity index is 1170. The van der Waals surface area contributed by atoms with Crippen LogP contribution in [0.1, 0.15) is 63.5 Å². The van der Waals surface area contributed by atoms with Gasteiger partial charge in [-0.2, -0.15) is 9.97 Å². The number of fused-ring (bicyclic) bond motifs is 6. The molecular formula is C25H30ClF2N5O. The Hall–Kier alpha value is -1.80. The van der Waals surface area contributed by atoms with Crippen molar-refractivity contribution in [1.29, 1.82) is 0 Å².